The number of nitro groups is 1. The van der Waals surface area contributed by atoms with Gasteiger partial charge in [-0.25, -0.2) is 0 Å². The lowest BCUT2D eigenvalue weighted by atomic mass is 10.3. The van der Waals surface area contributed by atoms with Gasteiger partial charge in [-0.2, -0.15) is 5.10 Å². The van der Waals surface area contributed by atoms with Crippen molar-refractivity contribution in [2.45, 2.75) is 26.8 Å². The molecule has 0 aliphatic carbocycles. The first-order valence-electron chi connectivity index (χ1n) is 4.99. The molecule has 1 N–H and O–H groups in total. The van der Waals surface area contributed by atoms with E-state index < -0.39 is 4.92 Å². The summed E-state index contributed by atoms with van der Waals surface area (Å²) in [7, 11) is 0. The molecule has 0 unspecified atom stereocenters. The molecule has 0 aliphatic rings. The van der Waals surface area contributed by atoms with E-state index in [1.165, 1.54) is 10.9 Å². The van der Waals surface area contributed by atoms with Gasteiger partial charge in [0.2, 0.25) is 5.91 Å². The second-order valence-electron chi connectivity index (χ2n) is 3.30. The molecule has 0 bridgehead atoms. The number of nitrogens with zero attached hydrogens (tertiary/aromatic N) is 3. The van der Waals surface area contributed by atoms with Gasteiger partial charge < -0.3 is 5.32 Å². The van der Waals surface area contributed by atoms with Crippen LogP contribution in [0.3, 0.4) is 0 Å². The van der Waals surface area contributed by atoms with Crippen molar-refractivity contribution in [3.05, 3.63) is 22.0 Å². The van der Waals surface area contributed by atoms with Gasteiger partial charge in [0.1, 0.15) is 11.9 Å². The summed E-state index contributed by atoms with van der Waals surface area (Å²) in [6.45, 7) is 4.38. The Kier molecular flexibility index (Phi) is 3.98. The minimum Gasteiger partial charge on any atom is -0.356 e. The van der Waals surface area contributed by atoms with Crippen LogP contribution < -0.4 is 5.32 Å². The van der Waals surface area contributed by atoms with Gasteiger partial charge in [-0.05, 0) is 13.8 Å². The monoisotopic (exact) mass is 226 g/mol. The molecule has 88 valence electrons. The molecule has 16 heavy (non-hydrogen) atoms. The van der Waals surface area contributed by atoms with Gasteiger partial charge in [-0.1, -0.05) is 0 Å². The average Bonchev–Trinajstić information content (AvgIpc) is 2.57. The van der Waals surface area contributed by atoms with Crippen LogP contribution in [0.5, 0.6) is 0 Å². The number of carbonyl (C=O) groups excluding carboxylic acids is 1. The van der Waals surface area contributed by atoms with E-state index in [9.17, 15) is 14.9 Å². The standard InChI is InChI=1S/C9H14N4O3/c1-3-10-9(14)4-5-12-7(2)8(6-11-12)13(15)16/h6H,3-5H2,1-2H3,(H,10,14). The largest absolute Gasteiger partial charge is 0.356 e. The highest BCUT2D eigenvalue weighted by atomic mass is 16.6. The maximum Gasteiger partial charge on any atom is 0.309 e. The molecule has 0 atom stereocenters. The summed E-state index contributed by atoms with van der Waals surface area (Å²) < 4.78 is 1.47. The highest BCUT2D eigenvalue weighted by molar-refractivity contribution is 5.75. The third-order valence-electron chi connectivity index (χ3n) is 2.20. The maximum atomic E-state index is 11.2. The van der Waals surface area contributed by atoms with E-state index in [1.807, 2.05) is 6.92 Å². The zero-order valence-corrected chi connectivity index (χ0v) is 9.27. The number of carbonyl (C=O) groups is 1. The van der Waals surface area contributed by atoms with E-state index in [1.54, 1.807) is 6.92 Å². The molecule has 0 aromatic carbocycles. The van der Waals surface area contributed by atoms with Gasteiger partial charge in [0.15, 0.2) is 0 Å². The minimum atomic E-state index is -0.481. The lowest BCUT2D eigenvalue weighted by Gasteiger charge is -2.03. The zero-order chi connectivity index (χ0) is 12.1. The molecule has 1 amide bonds. The van der Waals surface area contributed by atoms with Gasteiger partial charge in [0.05, 0.1) is 11.5 Å². The van der Waals surface area contributed by atoms with E-state index in [4.69, 9.17) is 0 Å². The number of hydrogen-bond donors (Lipinski definition) is 1. The molecule has 0 spiro atoms. The molecule has 7 nitrogen and oxygen atoms in total. The van der Waals surface area contributed by atoms with Crippen LogP contribution >= 0.6 is 0 Å². The summed E-state index contributed by atoms with van der Waals surface area (Å²) in [5.41, 5.74) is 0.449. The second-order valence-corrected chi connectivity index (χ2v) is 3.30. The molecule has 0 saturated carbocycles. The fourth-order valence-electron chi connectivity index (χ4n) is 1.33. The number of aromatic nitrogens is 2. The summed E-state index contributed by atoms with van der Waals surface area (Å²) in [5, 5.41) is 17.1. The number of nitrogens with one attached hydrogen (secondary N) is 1. The third kappa shape index (κ3) is 2.78. The van der Waals surface area contributed by atoms with E-state index in [-0.39, 0.29) is 18.0 Å². The average molecular weight is 226 g/mol. The molecule has 0 saturated heterocycles. The fraction of sp³-hybridized carbons (Fsp3) is 0.556. The van der Waals surface area contributed by atoms with E-state index in [2.05, 4.69) is 10.4 Å². The summed E-state index contributed by atoms with van der Waals surface area (Å²) in [6.07, 6.45) is 1.47. The van der Waals surface area contributed by atoms with Crippen molar-refractivity contribution >= 4 is 11.6 Å². The first-order valence-corrected chi connectivity index (χ1v) is 4.99. The molecular formula is C9H14N4O3. The summed E-state index contributed by atoms with van der Waals surface area (Å²) in [4.78, 5) is 21.2. The van der Waals surface area contributed by atoms with Crippen molar-refractivity contribution in [2.24, 2.45) is 0 Å². The van der Waals surface area contributed by atoms with Gasteiger partial charge in [0, 0.05) is 13.0 Å². The first-order chi connectivity index (χ1) is 7.56. The highest BCUT2D eigenvalue weighted by Gasteiger charge is 2.16. The molecule has 1 aromatic rings. The van der Waals surface area contributed by atoms with Gasteiger partial charge >= 0.3 is 5.69 Å². The van der Waals surface area contributed by atoms with Crippen molar-refractivity contribution in [3.8, 4) is 0 Å². The first kappa shape index (κ1) is 12.2. The molecular weight excluding hydrogens is 212 g/mol. The normalized spacial score (nSPS) is 10.1. The molecule has 0 aliphatic heterocycles. The van der Waals surface area contributed by atoms with Crippen LogP contribution in [0.25, 0.3) is 0 Å². The Morgan fingerprint density at radius 2 is 2.38 bits per heavy atom. The Morgan fingerprint density at radius 1 is 1.69 bits per heavy atom. The number of rotatable bonds is 5. The Balaban J connectivity index is 2.61. The number of amides is 1. The van der Waals surface area contributed by atoms with Crippen molar-refractivity contribution in [1.82, 2.24) is 15.1 Å². The van der Waals surface area contributed by atoms with E-state index >= 15 is 0 Å². The molecule has 1 aromatic heterocycles. The maximum absolute atomic E-state index is 11.2. The van der Waals surface area contributed by atoms with Crippen molar-refractivity contribution in [1.29, 1.82) is 0 Å². The smallest absolute Gasteiger partial charge is 0.309 e. The Hall–Kier alpha value is -1.92. The summed E-state index contributed by atoms with van der Waals surface area (Å²) >= 11 is 0. The number of hydrogen-bond acceptors (Lipinski definition) is 4. The SMILES string of the molecule is CCNC(=O)CCn1ncc([N+](=O)[O-])c1C. The molecule has 1 rings (SSSR count). The van der Waals surface area contributed by atoms with Crippen LogP contribution in [-0.4, -0.2) is 27.2 Å². The van der Waals surface area contributed by atoms with Gasteiger partial charge in [-0.3, -0.25) is 19.6 Å². The Bertz CT molecular complexity index is 399. The lowest BCUT2D eigenvalue weighted by Crippen LogP contribution is -2.24. The lowest BCUT2D eigenvalue weighted by molar-refractivity contribution is -0.385. The topological polar surface area (TPSA) is 90.1 Å². The van der Waals surface area contributed by atoms with E-state index in [0.29, 0.717) is 18.8 Å². The molecule has 0 radical (unpaired) electrons. The Labute approximate surface area is 92.6 Å². The van der Waals surface area contributed by atoms with Crippen LogP contribution in [0.2, 0.25) is 0 Å². The minimum absolute atomic E-state index is 0.0177. The van der Waals surface area contributed by atoms with Crippen molar-refractivity contribution in [3.63, 3.8) is 0 Å². The number of aryl methyl sites for hydroxylation is 1. The molecule has 1 heterocycles. The third-order valence-corrected chi connectivity index (χ3v) is 2.20. The van der Waals surface area contributed by atoms with E-state index in [0.717, 1.165) is 0 Å². The van der Waals surface area contributed by atoms with Gasteiger partial charge in [0.25, 0.3) is 0 Å². The second kappa shape index (κ2) is 5.24. The van der Waals surface area contributed by atoms with Crippen molar-refractivity contribution in [2.75, 3.05) is 6.54 Å². The van der Waals surface area contributed by atoms with Crippen LogP contribution in [0.15, 0.2) is 6.20 Å². The predicted octanol–water partition coefficient (Wildman–Crippen LogP) is 0.626. The summed E-state index contributed by atoms with van der Waals surface area (Å²) in [5.74, 6) is -0.0833. The summed E-state index contributed by atoms with van der Waals surface area (Å²) in [6, 6.07) is 0. The zero-order valence-electron chi connectivity index (χ0n) is 9.27. The van der Waals surface area contributed by atoms with Crippen LogP contribution in [0.1, 0.15) is 19.0 Å². The van der Waals surface area contributed by atoms with Crippen LogP contribution in [-0.2, 0) is 11.3 Å². The van der Waals surface area contributed by atoms with Gasteiger partial charge in [-0.15, -0.1) is 0 Å². The highest BCUT2D eigenvalue weighted by Crippen LogP contribution is 2.15. The van der Waals surface area contributed by atoms with Crippen molar-refractivity contribution < 1.29 is 9.72 Å². The molecule has 0 fully saturated rings. The Morgan fingerprint density at radius 3 is 2.88 bits per heavy atom. The molecule has 7 heteroatoms. The fourth-order valence-corrected chi connectivity index (χ4v) is 1.33. The van der Waals surface area contributed by atoms with Crippen LogP contribution in [0.4, 0.5) is 5.69 Å². The quantitative estimate of drug-likeness (QED) is 0.588. The van der Waals surface area contributed by atoms with Crippen LogP contribution in [0, 0.1) is 17.0 Å². The predicted molar refractivity (Wildman–Crippen MR) is 56.9 cm³/mol.